The predicted octanol–water partition coefficient (Wildman–Crippen LogP) is 4.04. The fourth-order valence-electron chi connectivity index (χ4n) is 2.64. The van der Waals surface area contributed by atoms with Crippen molar-refractivity contribution >= 4 is 10.0 Å². The highest BCUT2D eigenvalue weighted by molar-refractivity contribution is 7.88. The minimum atomic E-state index is -3.69. The third kappa shape index (κ3) is 5.83. The third-order valence-electron chi connectivity index (χ3n) is 3.85. The highest BCUT2D eigenvalue weighted by atomic mass is 32.2. The lowest BCUT2D eigenvalue weighted by molar-refractivity contribution is 0.414. The molecule has 0 amide bonds. The molecular weight excluding hydrogens is 341 g/mol. The average Bonchev–Trinajstić information content (AvgIpc) is 2.55. The summed E-state index contributed by atoms with van der Waals surface area (Å²) in [5, 5.41) is 0. The zero-order valence-electron chi connectivity index (χ0n) is 14.7. The lowest BCUT2D eigenvalue weighted by Gasteiger charge is -2.21. The molecule has 0 saturated heterocycles. The maximum atomic E-state index is 13.8. The van der Waals surface area contributed by atoms with Crippen LogP contribution in [0.25, 0.3) is 0 Å². The van der Waals surface area contributed by atoms with Crippen molar-refractivity contribution in [2.75, 3.05) is 7.11 Å². The first kappa shape index (κ1) is 19.4. The van der Waals surface area contributed by atoms with E-state index in [-0.39, 0.29) is 17.4 Å². The molecule has 0 aromatic heterocycles. The van der Waals surface area contributed by atoms with Crippen molar-refractivity contribution in [1.29, 1.82) is 0 Å². The molecule has 2 aromatic rings. The summed E-state index contributed by atoms with van der Waals surface area (Å²) in [4.78, 5) is 0. The van der Waals surface area contributed by atoms with Gasteiger partial charge in [0, 0.05) is 11.6 Å². The van der Waals surface area contributed by atoms with Gasteiger partial charge in [-0.25, -0.2) is 17.5 Å². The van der Waals surface area contributed by atoms with E-state index < -0.39 is 15.8 Å². The number of rotatable bonds is 8. The molecule has 0 radical (unpaired) electrons. The predicted molar refractivity (Wildman–Crippen MR) is 97.3 cm³/mol. The number of hydrogen-bond acceptors (Lipinski definition) is 3. The summed E-state index contributed by atoms with van der Waals surface area (Å²) in [5.41, 5.74) is 1.01. The van der Waals surface area contributed by atoms with Gasteiger partial charge in [-0.15, -0.1) is 0 Å². The smallest absolute Gasteiger partial charge is 0.216 e. The van der Waals surface area contributed by atoms with Crippen molar-refractivity contribution in [3.8, 4) is 5.75 Å². The van der Waals surface area contributed by atoms with Gasteiger partial charge in [0.15, 0.2) is 0 Å². The molecule has 0 saturated carbocycles. The maximum absolute atomic E-state index is 13.8. The monoisotopic (exact) mass is 365 g/mol. The molecule has 0 spiro atoms. The van der Waals surface area contributed by atoms with Gasteiger partial charge in [0.25, 0.3) is 0 Å². The number of sulfonamides is 1. The number of halogens is 1. The molecule has 0 aliphatic heterocycles. The summed E-state index contributed by atoms with van der Waals surface area (Å²) in [5.74, 6) is 0.104. The molecule has 6 heteroatoms. The second kappa shape index (κ2) is 8.45. The number of benzene rings is 2. The highest BCUT2D eigenvalue weighted by Crippen LogP contribution is 2.25. The van der Waals surface area contributed by atoms with Crippen molar-refractivity contribution in [2.24, 2.45) is 5.92 Å². The molecule has 1 N–H and O–H groups in total. The van der Waals surface area contributed by atoms with Crippen molar-refractivity contribution in [2.45, 2.75) is 32.1 Å². The van der Waals surface area contributed by atoms with Crippen LogP contribution in [0.1, 0.15) is 37.4 Å². The van der Waals surface area contributed by atoms with Gasteiger partial charge in [-0.2, -0.15) is 0 Å². The Morgan fingerprint density at radius 1 is 1.08 bits per heavy atom. The van der Waals surface area contributed by atoms with Gasteiger partial charge in [0.2, 0.25) is 10.0 Å². The van der Waals surface area contributed by atoms with E-state index >= 15 is 0 Å². The van der Waals surface area contributed by atoms with E-state index in [0.717, 1.165) is 5.56 Å². The molecule has 25 heavy (non-hydrogen) atoms. The van der Waals surface area contributed by atoms with Crippen molar-refractivity contribution in [3.63, 3.8) is 0 Å². The van der Waals surface area contributed by atoms with Crippen LogP contribution >= 0.6 is 0 Å². The molecule has 0 fully saturated rings. The quantitative estimate of drug-likeness (QED) is 0.768. The van der Waals surface area contributed by atoms with Crippen LogP contribution in [0.5, 0.6) is 5.75 Å². The third-order valence-corrected chi connectivity index (χ3v) is 5.19. The summed E-state index contributed by atoms with van der Waals surface area (Å²) in [6, 6.07) is 12.8. The minimum Gasteiger partial charge on any atom is -0.497 e. The Bertz CT molecular complexity index is 789. The normalized spacial score (nSPS) is 13.0. The lowest BCUT2D eigenvalue weighted by Crippen LogP contribution is -2.31. The first-order valence-corrected chi connectivity index (χ1v) is 9.83. The van der Waals surface area contributed by atoms with E-state index in [1.54, 1.807) is 25.3 Å². The van der Waals surface area contributed by atoms with Gasteiger partial charge in [0.05, 0.1) is 12.9 Å². The van der Waals surface area contributed by atoms with Crippen LogP contribution < -0.4 is 9.46 Å². The topological polar surface area (TPSA) is 55.4 Å². The highest BCUT2D eigenvalue weighted by Gasteiger charge is 2.22. The first-order chi connectivity index (χ1) is 11.8. The fraction of sp³-hybridized carbons (Fsp3) is 0.368. The Labute approximate surface area is 149 Å². The fourth-order valence-corrected chi connectivity index (χ4v) is 4.03. The van der Waals surface area contributed by atoms with Crippen LogP contribution in [0.4, 0.5) is 4.39 Å². The van der Waals surface area contributed by atoms with Crippen LogP contribution in [-0.2, 0) is 15.8 Å². The molecule has 0 unspecified atom stereocenters. The van der Waals surface area contributed by atoms with Gasteiger partial charge in [-0.05, 0) is 36.1 Å². The Balaban J connectivity index is 2.21. The van der Waals surface area contributed by atoms with E-state index in [1.165, 1.54) is 18.2 Å². The number of methoxy groups -OCH3 is 1. The van der Waals surface area contributed by atoms with E-state index in [9.17, 15) is 12.8 Å². The van der Waals surface area contributed by atoms with Crippen LogP contribution in [0.2, 0.25) is 0 Å². The average molecular weight is 365 g/mol. The van der Waals surface area contributed by atoms with Gasteiger partial charge in [0.1, 0.15) is 11.6 Å². The second-order valence-electron chi connectivity index (χ2n) is 6.42. The molecule has 136 valence electrons. The number of nitrogens with one attached hydrogen (secondary N) is 1. The summed E-state index contributed by atoms with van der Waals surface area (Å²) in [6.07, 6.45) is 0.642. The molecule has 0 heterocycles. The van der Waals surface area contributed by atoms with Crippen molar-refractivity contribution in [1.82, 2.24) is 4.72 Å². The molecule has 4 nitrogen and oxygen atoms in total. The zero-order chi connectivity index (χ0) is 18.4. The summed E-state index contributed by atoms with van der Waals surface area (Å²) >= 11 is 0. The largest absolute Gasteiger partial charge is 0.497 e. The van der Waals surface area contributed by atoms with Gasteiger partial charge in [-0.1, -0.05) is 44.2 Å². The second-order valence-corrected chi connectivity index (χ2v) is 8.18. The summed E-state index contributed by atoms with van der Waals surface area (Å²) < 4.78 is 46.7. The molecule has 1 atom stereocenters. The van der Waals surface area contributed by atoms with Crippen LogP contribution in [0.3, 0.4) is 0 Å². The summed E-state index contributed by atoms with van der Waals surface area (Å²) in [7, 11) is -2.11. The Kier molecular flexibility index (Phi) is 6.56. The van der Waals surface area contributed by atoms with E-state index in [1.807, 2.05) is 26.0 Å². The van der Waals surface area contributed by atoms with Crippen LogP contribution in [0, 0.1) is 11.7 Å². The minimum absolute atomic E-state index is 0.160. The van der Waals surface area contributed by atoms with Gasteiger partial charge in [-0.3, -0.25) is 0 Å². The molecule has 0 aliphatic carbocycles. The van der Waals surface area contributed by atoms with Crippen LogP contribution in [-0.4, -0.2) is 15.5 Å². The first-order valence-electron chi connectivity index (χ1n) is 8.18. The lowest BCUT2D eigenvalue weighted by atomic mass is 9.98. The Hall–Kier alpha value is -1.92. The molecule has 2 rings (SSSR count). The number of ether oxygens (including phenoxy) is 1. The Morgan fingerprint density at radius 3 is 2.28 bits per heavy atom. The van der Waals surface area contributed by atoms with E-state index in [0.29, 0.717) is 18.1 Å². The van der Waals surface area contributed by atoms with Gasteiger partial charge >= 0.3 is 0 Å². The molecule has 0 aliphatic rings. The van der Waals surface area contributed by atoms with Crippen molar-refractivity contribution < 1.29 is 17.5 Å². The van der Waals surface area contributed by atoms with Gasteiger partial charge < -0.3 is 4.74 Å². The Morgan fingerprint density at radius 2 is 1.72 bits per heavy atom. The standard InChI is InChI=1S/C19H24FNO3S/c1-14(2)12-19(15-8-10-17(24-3)11-9-15)21-25(22,23)13-16-6-4-5-7-18(16)20/h4-11,14,19,21H,12-13H2,1-3H3/t19-/m0/s1. The van der Waals surface area contributed by atoms with Crippen LogP contribution in [0.15, 0.2) is 48.5 Å². The zero-order valence-corrected chi connectivity index (χ0v) is 15.5. The van der Waals surface area contributed by atoms with Crippen molar-refractivity contribution in [3.05, 3.63) is 65.5 Å². The molecule has 0 bridgehead atoms. The SMILES string of the molecule is COc1ccc([C@H](CC(C)C)NS(=O)(=O)Cc2ccccc2F)cc1. The number of hydrogen-bond donors (Lipinski definition) is 1. The molecule has 2 aromatic carbocycles. The van der Waals surface area contributed by atoms with E-state index in [2.05, 4.69) is 4.72 Å². The summed E-state index contributed by atoms with van der Waals surface area (Å²) in [6.45, 7) is 4.06. The molecular formula is C19H24FNO3S. The maximum Gasteiger partial charge on any atom is 0.216 e. The van der Waals surface area contributed by atoms with E-state index in [4.69, 9.17) is 4.74 Å².